The maximum Gasteiger partial charge on any atom is 0.259 e. The van der Waals surface area contributed by atoms with E-state index in [0.717, 1.165) is 0 Å². The van der Waals surface area contributed by atoms with E-state index in [-0.39, 0.29) is 23.9 Å². The van der Waals surface area contributed by atoms with Crippen molar-refractivity contribution in [3.05, 3.63) is 47.7 Å². The van der Waals surface area contributed by atoms with Crippen LogP contribution in [0, 0.1) is 5.82 Å². The van der Waals surface area contributed by atoms with Gasteiger partial charge >= 0.3 is 0 Å². The molecule has 1 aromatic carbocycles. The van der Waals surface area contributed by atoms with Gasteiger partial charge < -0.3 is 20.2 Å². The number of carbonyl (C=O) groups is 1. The molecule has 0 saturated carbocycles. The number of halogens is 1. The third-order valence-electron chi connectivity index (χ3n) is 2.68. The van der Waals surface area contributed by atoms with Gasteiger partial charge in [-0.15, -0.1) is 0 Å². The molecule has 5 nitrogen and oxygen atoms in total. The van der Waals surface area contributed by atoms with Crippen molar-refractivity contribution in [3.63, 3.8) is 0 Å². The summed E-state index contributed by atoms with van der Waals surface area (Å²) < 4.78 is 24.4. The molecule has 0 aliphatic carbocycles. The summed E-state index contributed by atoms with van der Waals surface area (Å²) in [6, 6.07) is 5.80. The van der Waals surface area contributed by atoms with Crippen LogP contribution in [0.15, 0.2) is 34.9 Å². The predicted molar refractivity (Wildman–Crippen MR) is 76.7 cm³/mol. The Bertz CT molecular complexity index is 638. The number of nitrogens with two attached hydrogens (primary N) is 1. The number of ether oxygens (including phenoxy) is 1. The monoisotopic (exact) mass is 292 g/mol. The first kappa shape index (κ1) is 15.1. The molecular weight excluding hydrogens is 275 g/mol. The molecule has 0 atom stereocenters. The second-order valence-corrected chi connectivity index (χ2v) is 4.77. The van der Waals surface area contributed by atoms with Crippen molar-refractivity contribution in [3.8, 4) is 5.75 Å². The minimum atomic E-state index is -0.566. The highest BCUT2D eigenvalue weighted by atomic mass is 19.1. The van der Waals surface area contributed by atoms with E-state index in [1.807, 2.05) is 13.8 Å². The van der Waals surface area contributed by atoms with Crippen molar-refractivity contribution in [1.82, 2.24) is 0 Å². The standard InChI is InChI=1S/C15H17FN2O3/c1-9(2)21-11-3-4-14(13(16)6-11)18-15(19)10-5-12(7-17)20-8-10/h3-6,8-9H,7,17H2,1-2H3,(H,18,19). The van der Waals surface area contributed by atoms with Crippen LogP contribution in [-0.4, -0.2) is 12.0 Å². The fourth-order valence-electron chi connectivity index (χ4n) is 1.74. The molecule has 2 aromatic rings. The largest absolute Gasteiger partial charge is 0.491 e. The molecule has 0 aliphatic rings. The minimum Gasteiger partial charge on any atom is -0.491 e. The molecule has 0 spiro atoms. The molecule has 1 heterocycles. The van der Waals surface area contributed by atoms with Crippen LogP contribution in [0.5, 0.6) is 5.75 Å². The lowest BCUT2D eigenvalue weighted by Gasteiger charge is -2.11. The predicted octanol–water partition coefficient (Wildman–Crippen LogP) is 2.92. The number of furan rings is 1. The van der Waals surface area contributed by atoms with Crippen molar-refractivity contribution < 1.29 is 18.3 Å². The Balaban J connectivity index is 2.10. The van der Waals surface area contributed by atoms with Gasteiger partial charge in [0.1, 0.15) is 23.6 Å². The van der Waals surface area contributed by atoms with Gasteiger partial charge in [0.2, 0.25) is 0 Å². The van der Waals surface area contributed by atoms with E-state index in [4.69, 9.17) is 14.9 Å². The van der Waals surface area contributed by atoms with Gasteiger partial charge in [0.05, 0.1) is 23.9 Å². The van der Waals surface area contributed by atoms with Gasteiger partial charge in [0.25, 0.3) is 5.91 Å². The van der Waals surface area contributed by atoms with Crippen LogP contribution in [0.2, 0.25) is 0 Å². The lowest BCUT2D eigenvalue weighted by atomic mass is 10.2. The molecule has 0 aliphatic heterocycles. The van der Waals surface area contributed by atoms with E-state index < -0.39 is 11.7 Å². The number of anilines is 1. The number of nitrogens with one attached hydrogen (secondary N) is 1. The van der Waals surface area contributed by atoms with Crippen LogP contribution in [0.1, 0.15) is 30.0 Å². The van der Waals surface area contributed by atoms with Gasteiger partial charge in [0.15, 0.2) is 0 Å². The van der Waals surface area contributed by atoms with Gasteiger partial charge in [-0.05, 0) is 32.0 Å². The first-order valence-electron chi connectivity index (χ1n) is 6.54. The van der Waals surface area contributed by atoms with E-state index >= 15 is 0 Å². The van der Waals surface area contributed by atoms with Crippen LogP contribution in [-0.2, 0) is 6.54 Å². The zero-order valence-corrected chi connectivity index (χ0v) is 11.9. The van der Waals surface area contributed by atoms with Crippen LogP contribution < -0.4 is 15.8 Å². The average molecular weight is 292 g/mol. The molecule has 0 radical (unpaired) electrons. The fraction of sp³-hybridized carbons (Fsp3) is 0.267. The summed E-state index contributed by atoms with van der Waals surface area (Å²) in [5, 5.41) is 2.47. The van der Waals surface area contributed by atoms with Crippen LogP contribution in [0.25, 0.3) is 0 Å². The van der Waals surface area contributed by atoms with Gasteiger partial charge in [-0.2, -0.15) is 0 Å². The Morgan fingerprint density at radius 1 is 1.43 bits per heavy atom. The summed E-state index contributed by atoms with van der Waals surface area (Å²) in [7, 11) is 0. The van der Waals surface area contributed by atoms with Crippen LogP contribution in [0.4, 0.5) is 10.1 Å². The van der Waals surface area contributed by atoms with Crippen molar-refractivity contribution >= 4 is 11.6 Å². The molecule has 1 amide bonds. The maximum absolute atomic E-state index is 13.9. The van der Waals surface area contributed by atoms with Crippen molar-refractivity contribution in [2.24, 2.45) is 5.73 Å². The lowest BCUT2D eigenvalue weighted by Crippen LogP contribution is -2.12. The van der Waals surface area contributed by atoms with Gasteiger partial charge in [-0.3, -0.25) is 4.79 Å². The number of benzene rings is 1. The summed E-state index contributed by atoms with van der Waals surface area (Å²) >= 11 is 0. The quantitative estimate of drug-likeness (QED) is 0.888. The number of amides is 1. The van der Waals surface area contributed by atoms with Gasteiger partial charge in [-0.25, -0.2) is 4.39 Å². The van der Waals surface area contributed by atoms with E-state index in [0.29, 0.717) is 11.5 Å². The number of hydrogen-bond donors (Lipinski definition) is 2. The highest BCUT2D eigenvalue weighted by Crippen LogP contribution is 2.22. The second-order valence-electron chi connectivity index (χ2n) is 4.77. The summed E-state index contributed by atoms with van der Waals surface area (Å²) in [5.41, 5.74) is 5.76. The fourth-order valence-corrected chi connectivity index (χ4v) is 1.74. The van der Waals surface area contributed by atoms with E-state index in [2.05, 4.69) is 5.32 Å². The lowest BCUT2D eigenvalue weighted by molar-refractivity contribution is 0.102. The summed E-state index contributed by atoms with van der Waals surface area (Å²) in [4.78, 5) is 11.9. The first-order valence-corrected chi connectivity index (χ1v) is 6.54. The van der Waals surface area contributed by atoms with Crippen LogP contribution >= 0.6 is 0 Å². The van der Waals surface area contributed by atoms with Gasteiger partial charge in [0, 0.05) is 6.07 Å². The molecule has 0 fully saturated rings. The minimum absolute atomic E-state index is 0.0505. The Kier molecular flexibility index (Phi) is 4.59. The number of rotatable bonds is 5. The van der Waals surface area contributed by atoms with Crippen molar-refractivity contribution in [2.45, 2.75) is 26.5 Å². The van der Waals surface area contributed by atoms with E-state index in [1.165, 1.54) is 24.5 Å². The number of hydrogen-bond acceptors (Lipinski definition) is 4. The Hall–Kier alpha value is -2.34. The SMILES string of the molecule is CC(C)Oc1ccc(NC(=O)c2coc(CN)c2)c(F)c1. The maximum atomic E-state index is 13.9. The summed E-state index contributed by atoms with van der Waals surface area (Å²) in [6.45, 7) is 3.89. The third kappa shape index (κ3) is 3.82. The van der Waals surface area contributed by atoms with Gasteiger partial charge in [-0.1, -0.05) is 0 Å². The Morgan fingerprint density at radius 3 is 2.76 bits per heavy atom. The molecule has 0 unspecified atom stereocenters. The third-order valence-corrected chi connectivity index (χ3v) is 2.68. The summed E-state index contributed by atoms with van der Waals surface area (Å²) in [5.74, 6) is -0.130. The first-order chi connectivity index (χ1) is 9.99. The zero-order chi connectivity index (χ0) is 15.4. The Morgan fingerprint density at radius 2 is 2.19 bits per heavy atom. The molecule has 21 heavy (non-hydrogen) atoms. The van der Waals surface area contributed by atoms with E-state index in [1.54, 1.807) is 6.07 Å². The highest BCUT2D eigenvalue weighted by Gasteiger charge is 2.13. The highest BCUT2D eigenvalue weighted by molar-refractivity contribution is 6.04. The molecule has 6 heteroatoms. The smallest absolute Gasteiger partial charge is 0.259 e. The Labute approximate surface area is 121 Å². The number of carbonyl (C=O) groups excluding carboxylic acids is 1. The summed E-state index contributed by atoms with van der Waals surface area (Å²) in [6.07, 6.45) is 1.23. The second kappa shape index (κ2) is 6.41. The topological polar surface area (TPSA) is 77.5 Å². The molecule has 112 valence electrons. The molecular formula is C15H17FN2O3. The average Bonchev–Trinajstić information content (AvgIpc) is 2.90. The van der Waals surface area contributed by atoms with Crippen LogP contribution in [0.3, 0.4) is 0 Å². The molecule has 0 saturated heterocycles. The molecule has 3 N–H and O–H groups in total. The molecule has 1 aromatic heterocycles. The van der Waals surface area contributed by atoms with Crippen molar-refractivity contribution in [2.75, 3.05) is 5.32 Å². The normalized spacial score (nSPS) is 10.7. The van der Waals surface area contributed by atoms with E-state index in [9.17, 15) is 9.18 Å². The zero-order valence-electron chi connectivity index (χ0n) is 11.9. The molecule has 2 rings (SSSR count). The van der Waals surface area contributed by atoms with Crippen molar-refractivity contribution in [1.29, 1.82) is 0 Å². The molecule has 0 bridgehead atoms.